The van der Waals surface area contributed by atoms with Gasteiger partial charge in [0.1, 0.15) is 0 Å². The summed E-state index contributed by atoms with van der Waals surface area (Å²) in [7, 11) is 0. The monoisotopic (exact) mass is 277 g/mol. The van der Waals surface area contributed by atoms with Crippen molar-refractivity contribution in [3.05, 3.63) is 29.4 Å². The molecule has 0 N–H and O–H groups in total. The van der Waals surface area contributed by atoms with Crippen molar-refractivity contribution in [1.29, 1.82) is 0 Å². The lowest BCUT2D eigenvalue weighted by Crippen LogP contribution is -2.31. The van der Waals surface area contributed by atoms with E-state index in [1.54, 1.807) is 0 Å². The molecule has 1 aromatic heterocycles. The lowest BCUT2D eigenvalue weighted by Gasteiger charge is -2.24. The fourth-order valence-electron chi connectivity index (χ4n) is 2.48. The van der Waals surface area contributed by atoms with Crippen LogP contribution in [0.5, 0.6) is 0 Å². The maximum atomic E-state index is 6.11. The minimum atomic E-state index is 0.207. The number of anilines is 1. The maximum Gasteiger partial charge on any atom is 0.159 e. The lowest BCUT2D eigenvalue weighted by molar-refractivity contribution is 0.0820. The Bertz CT molecular complexity index is 590. The first-order valence-electron chi connectivity index (χ1n) is 6.53. The molecule has 3 rings (SSSR count). The van der Waals surface area contributed by atoms with E-state index in [4.69, 9.17) is 16.3 Å². The minimum absolute atomic E-state index is 0.207. The maximum absolute atomic E-state index is 6.11. The Labute approximate surface area is 117 Å². The predicted molar refractivity (Wildman–Crippen MR) is 76.8 cm³/mol. The zero-order valence-electron chi connectivity index (χ0n) is 10.8. The summed E-state index contributed by atoms with van der Waals surface area (Å²) in [6.07, 6.45) is 1.21. The van der Waals surface area contributed by atoms with Gasteiger partial charge in [0.15, 0.2) is 11.0 Å². The molecule has 19 heavy (non-hydrogen) atoms. The Morgan fingerprint density at radius 1 is 1.26 bits per heavy atom. The van der Waals surface area contributed by atoms with Gasteiger partial charge in [-0.1, -0.05) is 35.9 Å². The third kappa shape index (κ3) is 2.51. The second-order valence-corrected chi connectivity index (χ2v) is 5.20. The van der Waals surface area contributed by atoms with Gasteiger partial charge >= 0.3 is 0 Å². The van der Waals surface area contributed by atoms with Crippen LogP contribution in [0, 0.1) is 0 Å². The quantitative estimate of drug-likeness (QED) is 0.803. The highest BCUT2D eigenvalue weighted by molar-refractivity contribution is 6.34. The van der Waals surface area contributed by atoms with Crippen molar-refractivity contribution in [1.82, 2.24) is 10.2 Å². The number of aromatic nitrogens is 2. The average Bonchev–Trinajstić information content (AvgIpc) is 2.64. The van der Waals surface area contributed by atoms with E-state index < -0.39 is 0 Å². The molecule has 100 valence electrons. The summed E-state index contributed by atoms with van der Waals surface area (Å²) < 4.78 is 5.67. The van der Waals surface area contributed by atoms with Crippen molar-refractivity contribution >= 4 is 28.2 Å². The van der Waals surface area contributed by atoms with Gasteiger partial charge in [0.2, 0.25) is 0 Å². The number of nitrogens with zero attached hydrogens (tertiary/aromatic N) is 3. The number of fused-ring (bicyclic) bond motifs is 1. The third-order valence-electron chi connectivity index (χ3n) is 3.37. The average molecular weight is 278 g/mol. The van der Waals surface area contributed by atoms with E-state index in [2.05, 4.69) is 22.0 Å². The number of ether oxygens (including phenoxy) is 1. The molecular formula is C14H16ClN3O. The second kappa shape index (κ2) is 5.31. The molecule has 2 aromatic rings. The molecule has 5 heteroatoms. The van der Waals surface area contributed by atoms with E-state index in [0.717, 1.165) is 42.7 Å². The van der Waals surface area contributed by atoms with E-state index >= 15 is 0 Å². The largest absolute Gasteiger partial charge is 0.377 e. The SMILES string of the molecule is CC1CN(c2nnc(Cl)c3ccccc23)CCCO1. The van der Waals surface area contributed by atoms with Crippen molar-refractivity contribution in [2.75, 3.05) is 24.6 Å². The Hall–Kier alpha value is -1.39. The van der Waals surface area contributed by atoms with Crippen LogP contribution in [0.25, 0.3) is 10.8 Å². The number of hydrogen-bond acceptors (Lipinski definition) is 4. The number of rotatable bonds is 1. The first kappa shape index (κ1) is 12.6. The summed E-state index contributed by atoms with van der Waals surface area (Å²) >= 11 is 6.11. The molecule has 0 bridgehead atoms. The van der Waals surface area contributed by atoms with Gasteiger partial charge in [-0.3, -0.25) is 0 Å². The van der Waals surface area contributed by atoms with E-state index in [-0.39, 0.29) is 6.10 Å². The normalized spacial score (nSPS) is 20.5. The van der Waals surface area contributed by atoms with Gasteiger partial charge in [-0.15, -0.1) is 10.2 Å². The summed E-state index contributed by atoms with van der Waals surface area (Å²) in [6.45, 7) is 4.66. The zero-order chi connectivity index (χ0) is 13.2. The molecular weight excluding hydrogens is 262 g/mol. The Morgan fingerprint density at radius 2 is 2.05 bits per heavy atom. The number of benzene rings is 1. The van der Waals surface area contributed by atoms with Gasteiger partial charge in [0.25, 0.3) is 0 Å². The Balaban J connectivity index is 2.06. The molecule has 1 aliphatic heterocycles. The highest BCUT2D eigenvalue weighted by atomic mass is 35.5. The van der Waals surface area contributed by atoms with Gasteiger partial charge in [-0.25, -0.2) is 0 Å². The molecule has 0 amide bonds. The molecule has 2 heterocycles. The van der Waals surface area contributed by atoms with Crippen LogP contribution in [0.1, 0.15) is 13.3 Å². The van der Waals surface area contributed by atoms with E-state index in [0.29, 0.717) is 5.15 Å². The molecule has 0 saturated carbocycles. The van der Waals surface area contributed by atoms with Crippen molar-refractivity contribution in [3.8, 4) is 0 Å². The Kier molecular flexibility index (Phi) is 3.53. The van der Waals surface area contributed by atoms with Gasteiger partial charge in [0.05, 0.1) is 6.10 Å². The highest BCUT2D eigenvalue weighted by Crippen LogP contribution is 2.28. The van der Waals surface area contributed by atoms with Crippen LogP contribution < -0.4 is 4.90 Å². The van der Waals surface area contributed by atoms with E-state index in [1.807, 2.05) is 24.3 Å². The smallest absolute Gasteiger partial charge is 0.159 e. The van der Waals surface area contributed by atoms with Crippen LogP contribution >= 0.6 is 11.6 Å². The lowest BCUT2D eigenvalue weighted by atomic mass is 10.2. The first-order valence-corrected chi connectivity index (χ1v) is 6.91. The summed E-state index contributed by atoms with van der Waals surface area (Å²) in [5.41, 5.74) is 0. The van der Waals surface area contributed by atoms with Crippen LogP contribution in [0.15, 0.2) is 24.3 Å². The molecule has 1 atom stereocenters. The Morgan fingerprint density at radius 3 is 2.89 bits per heavy atom. The van der Waals surface area contributed by atoms with Gasteiger partial charge < -0.3 is 9.64 Å². The van der Waals surface area contributed by atoms with Crippen molar-refractivity contribution in [2.45, 2.75) is 19.4 Å². The van der Waals surface area contributed by atoms with Crippen LogP contribution in [-0.4, -0.2) is 36.0 Å². The molecule has 1 fully saturated rings. The van der Waals surface area contributed by atoms with Gasteiger partial charge in [-0.05, 0) is 13.3 Å². The molecule has 0 spiro atoms. The molecule has 4 nitrogen and oxygen atoms in total. The minimum Gasteiger partial charge on any atom is -0.377 e. The highest BCUT2D eigenvalue weighted by Gasteiger charge is 2.19. The molecule has 1 aliphatic rings. The summed E-state index contributed by atoms with van der Waals surface area (Å²) in [6, 6.07) is 7.99. The van der Waals surface area contributed by atoms with Crippen LogP contribution in [-0.2, 0) is 4.74 Å². The molecule has 0 radical (unpaired) electrons. The first-order chi connectivity index (χ1) is 9.25. The number of hydrogen-bond donors (Lipinski definition) is 0. The third-order valence-corrected chi connectivity index (χ3v) is 3.65. The van der Waals surface area contributed by atoms with Gasteiger partial charge in [0, 0.05) is 30.5 Å². The predicted octanol–water partition coefficient (Wildman–Crippen LogP) is 2.90. The molecule has 0 aliphatic carbocycles. The molecule has 1 aromatic carbocycles. The van der Waals surface area contributed by atoms with Crippen LogP contribution in [0.2, 0.25) is 5.15 Å². The standard InChI is InChI=1S/C14H16ClN3O/c1-10-9-18(7-4-8-19-10)14-12-6-3-2-5-11(12)13(15)16-17-14/h2-3,5-6,10H,4,7-9H2,1H3. The molecule has 1 unspecified atom stereocenters. The van der Waals surface area contributed by atoms with Crippen molar-refractivity contribution < 1.29 is 4.74 Å². The van der Waals surface area contributed by atoms with Crippen LogP contribution in [0.3, 0.4) is 0 Å². The second-order valence-electron chi connectivity index (χ2n) is 4.84. The summed E-state index contributed by atoms with van der Waals surface area (Å²) in [4.78, 5) is 2.24. The van der Waals surface area contributed by atoms with E-state index in [1.165, 1.54) is 0 Å². The fraction of sp³-hybridized carbons (Fsp3) is 0.429. The van der Waals surface area contributed by atoms with Gasteiger partial charge in [-0.2, -0.15) is 0 Å². The number of halogens is 1. The summed E-state index contributed by atoms with van der Waals surface area (Å²) in [5, 5.41) is 10.8. The van der Waals surface area contributed by atoms with Crippen LogP contribution in [0.4, 0.5) is 5.82 Å². The zero-order valence-corrected chi connectivity index (χ0v) is 11.6. The van der Waals surface area contributed by atoms with E-state index in [9.17, 15) is 0 Å². The fourth-order valence-corrected chi connectivity index (χ4v) is 2.68. The topological polar surface area (TPSA) is 38.2 Å². The van der Waals surface area contributed by atoms with Crippen molar-refractivity contribution in [3.63, 3.8) is 0 Å². The summed E-state index contributed by atoms with van der Waals surface area (Å²) in [5.74, 6) is 0.900. The van der Waals surface area contributed by atoms with Crippen molar-refractivity contribution in [2.24, 2.45) is 0 Å². The molecule has 1 saturated heterocycles.